The van der Waals surface area contributed by atoms with Crippen LogP contribution in [0.2, 0.25) is 0 Å². The van der Waals surface area contributed by atoms with Gasteiger partial charge in [-0.25, -0.2) is 8.42 Å². The highest BCUT2D eigenvalue weighted by Gasteiger charge is 2.38. The molecule has 0 aromatic carbocycles. The van der Waals surface area contributed by atoms with Crippen molar-refractivity contribution in [3.8, 4) is 0 Å². The van der Waals surface area contributed by atoms with Crippen molar-refractivity contribution < 1.29 is 12.8 Å². The normalized spacial score (nSPS) is 24.9. The minimum absolute atomic E-state index is 0.260. The molecular weight excluding hydrogens is 318 g/mol. The lowest BCUT2D eigenvalue weighted by atomic mass is 10.0. The van der Waals surface area contributed by atoms with E-state index in [-0.39, 0.29) is 17.0 Å². The lowest BCUT2D eigenvalue weighted by Gasteiger charge is -2.29. The van der Waals surface area contributed by atoms with Crippen molar-refractivity contribution in [1.82, 2.24) is 5.32 Å². The van der Waals surface area contributed by atoms with Gasteiger partial charge in [0.1, 0.15) is 5.76 Å². The van der Waals surface area contributed by atoms with Crippen molar-refractivity contribution in [2.45, 2.75) is 37.5 Å². The van der Waals surface area contributed by atoms with Crippen molar-refractivity contribution in [3.05, 3.63) is 22.6 Å². The molecule has 2 unspecified atom stereocenters. The molecule has 1 aromatic heterocycles. The Hall–Kier alpha value is -0.330. The van der Waals surface area contributed by atoms with Gasteiger partial charge in [0.25, 0.3) is 0 Å². The van der Waals surface area contributed by atoms with Gasteiger partial charge in [0.05, 0.1) is 27.8 Å². The van der Waals surface area contributed by atoms with Crippen LogP contribution >= 0.6 is 15.9 Å². The molecular formula is C12H18BrNO3S. The van der Waals surface area contributed by atoms with Gasteiger partial charge in [-0.1, -0.05) is 13.3 Å². The van der Waals surface area contributed by atoms with Gasteiger partial charge in [-0.15, -0.1) is 0 Å². The lowest BCUT2D eigenvalue weighted by Crippen LogP contribution is -2.40. The second kappa shape index (κ2) is 5.75. The van der Waals surface area contributed by atoms with Crippen LogP contribution in [0.3, 0.4) is 0 Å². The topological polar surface area (TPSA) is 59.3 Å². The molecule has 6 heteroatoms. The van der Waals surface area contributed by atoms with Crippen molar-refractivity contribution in [2.24, 2.45) is 0 Å². The first-order valence-electron chi connectivity index (χ1n) is 6.24. The molecule has 2 atom stereocenters. The van der Waals surface area contributed by atoms with Crippen LogP contribution in [-0.2, 0) is 9.84 Å². The molecule has 18 heavy (non-hydrogen) atoms. The number of sulfone groups is 1. The Labute approximate surface area is 116 Å². The fourth-order valence-electron chi connectivity index (χ4n) is 2.49. The van der Waals surface area contributed by atoms with Crippen molar-refractivity contribution in [2.75, 3.05) is 12.3 Å². The summed E-state index contributed by atoms with van der Waals surface area (Å²) >= 11 is 3.41. The quantitative estimate of drug-likeness (QED) is 0.918. The number of furan rings is 1. The summed E-state index contributed by atoms with van der Waals surface area (Å²) < 4.78 is 30.7. The number of hydrogen-bond donors (Lipinski definition) is 1. The summed E-state index contributed by atoms with van der Waals surface area (Å²) in [6.45, 7) is 2.68. The minimum atomic E-state index is -3.03. The fraction of sp³-hybridized carbons (Fsp3) is 0.667. The Bertz CT molecular complexity index is 497. The molecule has 1 aliphatic rings. The number of hydrogen-bond acceptors (Lipinski definition) is 4. The molecule has 1 N–H and O–H groups in total. The Morgan fingerprint density at radius 1 is 1.56 bits per heavy atom. The van der Waals surface area contributed by atoms with Crippen LogP contribution in [0.5, 0.6) is 0 Å². The highest BCUT2D eigenvalue weighted by molar-refractivity contribution is 9.10. The smallest absolute Gasteiger partial charge is 0.155 e. The molecule has 0 saturated carbocycles. The van der Waals surface area contributed by atoms with Crippen molar-refractivity contribution in [3.63, 3.8) is 0 Å². The molecule has 1 saturated heterocycles. The Morgan fingerprint density at radius 2 is 2.33 bits per heavy atom. The number of halogens is 1. The van der Waals surface area contributed by atoms with Crippen LogP contribution in [-0.4, -0.2) is 26.0 Å². The summed E-state index contributed by atoms with van der Waals surface area (Å²) in [7, 11) is -3.03. The predicted molar refractivity (Wildman–Crippen MR) is 74.3 cm³/mol. The third-order valence-corrected chi connectivity index (χ3v) is 6.30. The van der Waals surface area contributed by atoms with Gasteiger partial charge in [-0.3, -0.25) is 0 Å². The van der Waals surface area contributed by atoms with E-state index in [4.69, 9.17) is 4.42 Å². The largest absolute Gasteiger partial charge is 0.466 e. The van der Waals surface area contributed by atoms with Gasteiger partial charge >= 0.3 is 0 Å². The average molecular weight is 336 g/mol. The molecule has 4 nitrogen and oxygen atoms in total. The maximum absolute atomic E-state index is 12.2. The first kappa shape index (κ1) is 14.1. The van der Waals surface area contributed by atoms with E-state index in [1.807, 2.05) is 6.92 Å². The molecule has 2 rings (SSSR count). The van der Waals surface area contributed by atoms with Gasteiger partial charge in [-0.2, -0.15) is 0 Å². The molecule has 0 aliphatic carbocycles. The maximum Gasteiger partial charge on any atom is 0.155 e. The van der Waals surface area contributed by atoms with Crippen molar-refractivity contribution >= 4 is 25.8 Å². The zero-order valence-corrected chi connectivity index (χ0v) is 12.8. The highest BCUT2D eigenvalue weighted by Crippen LogP contribution is 2.34. The Morgan fingerprint density at radius 3 is 2.89 bits per heavy atom. The molecule has 0 bridgehead atoms. The van der Waals surface area contributed by atoms with Crippen molar-refractivity contribution in [1.29, 1.82) is 0 Å². The van der Waals surface area contributed by atoms with E-state index in [2.05, 4.69) is 21.2 Å². The minimum Gasteiger partial charge on any atom is -0.466 e. The van der Waals surface area contributed by atoms with Crippen LogP contribution < -0.4 is 5.32 Å². The van der Waals surface area contributed by atoms with Gasteiger partial charge in [0.2, 0.25) is 0 Å². The standard InChI is InChI=1S/C12H18BrNO3S/c1-2-14-11(12-9(13)6-7-17-12)10-5-3-4-8-18(10,15)16/h6-7,10-11,14H,2-5,8H2,1H3. The van der Waals surface area contributed by atoms with E-state index in [0.717, 1.165) is 17.3 Å². The van der Waals surface area contributed by atoms with Gasteiger partial charge in [0, 0.05) is 0 Å². The molecule has 102 valence electrons. The summed E-state index contributed by atoms with van der Waals surface area (Å²) in [5, 5.41) is 2.87. The molecule has 2 heterocycles. The summed E-state index contributed by atoms with van der Waals surface area (Å²) in [6.07, 6.45) is 4.02. The predicted octanol–water partition coefficient (Wildman–Crippen LogP) is 2.66. The van der Waals surface area contributed by atoms with Gasteiger partial charge in [-0.05, 0) is 41.4 Å². The molecule has 1 fully saturated rings. The van der Waals surface area contributed by atoms with Gasteiger partial charge < -0.3 is 9.73 Å². The van der Waals surface area contributed by atoms with Crippen LogP contribution in [0.15, 0.2) is 21.2 Å². The van der Waals surface area contributed by atoms with Crippen LogP contribution in [0.4, 0.5) is 0 Å². The van der Waals surface area contributed by atoms with E-state index >= 15 is 0 Å². The average Bonchev–Trinajstić information content (AvgIpc) is 2.72. The third kappa shape index (κ3) is 2.81. The summed E-state index contributed by atoms with van der Waals surface area (Å²) in [4.78, 5) is 0. The molecule has 1 aliphatic heterocycles. The first-order valence-corrected chi connectivity index (χ1v) is 8.75. The number of nitrogens with one attached hydrogen (secondary N) is 1. The van der Waals surface area contributed by atoms with E-state index in [9.17, 15) is 8.42 Å². The highest BCUT2D eigenvalue weighted by atomic mass is 79.9. The van der Waals surface area contributed by atoms with Crippen LogP contribution in [0.1, 0.15) is 38.0 Å². The second-order valence-corrected chi connectivity index (χ2v) is 7.76. The zero-order valence-electron chi connectivity index (χ0n) is 10.4. The van der Waals surface area contributed by atoms with Gasteiger partial charge in [0.15, 0.2) is 9.84 Å². The lowest BCUT2D eigenvalue weighted by molar-refractivity contribution is 0.380. The van der Waals surface area contributed by atoms with E-state index in [1.165, 1.54) is 0 Å². The summed E-state index contributed by atoms with van der Waals surface area (Å²) in [5.41, 5.74) is 0. The molecule has 0 spiro atoms. The summed E-state index contributed by atoms with van der Waals surface area (Å²) in [5.74, 6) is 0.977. The second-order valence-electron chi connectivity index (χ2n) is 4.57. The molecule has 0 amide bonds. The Balaban J connectivity index is 2.33. The Kier molecular flexibility index (Phi) is 4.50. The zero-order chi connectivity index (χ0) is 13.2. The monoisotopic (exact) mass is 335 g/mol. The maximum atomic E-state index is 12.2. The molecule has 0 radical (unpaired) electrons. The SMILES string of the molecule is CCNC(c1occc1Br)C1CCCCS1(=O)=O. The third-order valence-electron chi connectivity index (χ3n) is 3.35. The summed E-state index contributed by atoms with van der Waals surface area (Å²) in [6, 6.07) is 1.54. The van der Waals surface area contributed by atoms with E-state index in [1.54, 1.807) is 12.3 Å². The molecule has 1 aromatic rings. The van der Waals surface area contributed by atoms with Crippen LogP contribution in [0, 0.1) is 0 Å². The van der Waals surface area contributed by atoms with Crippen LogP contribution in [0.25, 0.3) is 0 Å². The van der Waals surface area contributed by atoms with E-state index in [0.29, 0.717) is 18.7 Å². The van der Waals surface area contributed by atoms with E-state index < -0.39 is 9.84 Å². The number of rotatable bonds is 4. The fourth-order valence-corrected chi connectivity index (χ4v) is 5.01. The first-order chi connectivity index (χ1) is 8.56.